The number of piperidine rings is 1. The molecule has 0 aromatic carbocycles. The quantitative estimate of drug-likeness (QED) is 0.694. The summed E-state index contributed by atoms with van der Waals surface area (Å²) in [6, 6.07) is -1.68. The molecule has 0 aromatic rings. The van der Waals surface area contributed by atoms with Crippen molar-refractivity contribution in [3.05, 3.63) is 0 Å². The highest BCUT2D eigenvalue weighted by atomic mass is 32.3. The standard InChI is InChI=1S/C8H12N2O6S/c1-5(11)7-3-2-6-4-9(7)8(12)10(6)16-17(13,14)15/h6-7H,2-4H2,1H3,(H,13,14,15)/t6-,7+/m1/s1. The van der Waals surface area contributed by atoms with Crippen LogP contribution in [0.15, 0.2) is 0 Å². The summed E-state index contributed by atoms with van der Waals surface area (Å²) in [6.07, 6.45) is 0.930. The number of hydrogen-bond acceptors (Lipinski definition) is 5. The van der Waals surface area contributed by atoms with Crippen LogP contribution in [0.2, 0.25) is 0 Å². The van der Waals surface area contributed by atoms with E-state index in [1.807, 2.05) is 0 Å². The number of rotatable bonds is 3. The molecular formula is C8H12N2O6S. The number of Topliss-reactive ketones (excluding diaryl/α,β-unsaturated/α-hetero) is 1. The minimum Gasteiger partial charge on any atom is -0.311 e. The lowest BCUT2D eigenvalue weighted by atomic mass is 9.98. The average molecular weight is 264 g/mol. The Hall–Kier alpha value is -1.19. The maximum Gasteiger partial charge on any atom is 0.418 e. The van der Waals surface area contributed by atoms with Gasteiger partial charge in [-0.3, -0.25) is 9.35 Å². The van der Waals surface area contributed by atoms with E-state index in [-0.39, 0.29) is 12.3 Å². The van der Waals surface area contributed by atoms with Crippen LogP contribution in [0.4, 0.5) is 4.79 Å². The maximum absolute atomic E-state index is 11.8. The van der Waals surface area contributed by atoms with Gasteiger partial charge in [0.2, 0.25) is 0 Å². The van der Waals surface area contributed by atoms with E-state index in [1.54, 1.807) is 0 Å². The number of fused-ring (bicyclic) bond motifs is 2. The van der Waals surface area contributed by atoms with Gasteiger partial charge in [-0.05, 0) is 19.8 Å². The Morgan fingerprint density at radius 1 is 1.47 bits per heavy atom. The van der Waals surface area contributed by atoms with Crippen molar-refractivity contribution in [3.8, 4) is 0 Å². The highest BCUT2D eigenvalue weighted by Crippen LogP contribution is 2.30. The molecular weight excluding hydrogens is 252 g/mol. The zero-order valence-corrected chi connectivity index (χ0v) is 9.88. The molecule has 2 saturated heterocycles. The van der Waals surface area contributed by atoms with Crippen molar-refractivity contribution < 1.29 is 26.8 Å². The van der Waals surface area contributed by atoms with Crippen molar-refractivity contribution in [1.82, 2.24) is 9.96 Å². The van der Waals surface area contributed by atoms with Crippen LogP contribution in [0.5, 0.6) is 0 Å². The zero-order chi connectivity index (χ0) is 12.8. The molecule has 1 N–H and O–H groups in total. The molecule has 9 heteroatoms. The molecule has 2 aliphatic heterocycles. The number of amides is 2. The first-order chi connectivity index (χ1) is 7.79. The first-order valence-electron chi connectivity index (χ1n) is 5.07. The first-order valence-corrected chi connectivity index (χ1v) is 6.43. The minimum atomic E-state index is -4.72. The number of carbonyl (C=O) groups excluding carboxylic acids is 2. The van der Waals surface area contributed by atoms with Gasteiger partial charge in [0.1, 0.15) is 0 Å². The van der Waals surface area contributed by atoms with Crippen LogP contribution in [0.25, 0.3) is 0 Å². The van der Waals surface area contributed by atoms with Gasteiger partial charge in [-0.2, -0.15) is 13.5 Å². The Morgan fingerprint density at radius 2 is 2.12 bits per heavy atom. The number of carbonyl (C=O) groups is 2. The van der Waals surface area contributed by atoms with Crippen LogP contribution >= 0.6 is 0 Å². The SMILES string of the molecule is CC(=O)[C@@H]1CC[C@@H]2CN1C(=O)N2OS(=O)(=O)O. The van der Waals surface area contributed by atoms with Gasteiger partial charge in [-0.25, -0.2) is 4.79 Å². The van der Waals surface area contributed by atoms with E-state index in [0.29, 0.717) is 17.9 Å². The Bertz CT molecular complexity index is 461. The number of hydroxylamine groups is 2. The number of hydrogen-bond donors (Lipinski definition) is 1. The molecule has 0 spiro atoms. The molecule has 0 aromatic heterocycles. The fraction of sp³-hybridized carbons (Fsp3) is 0.750. The molecule has 0 unspecified atom stereocenters. The van der Waals surface area contributed by atoms with Crippen molar-refractivity contribution in [2.45, 2.75) is 31.8 Å². The van der Waals surface area contributed by atoms with E-state index in [1.165, 1.54) is 11.8 Å². The summed E-state index contributed by atoms with van der Waals surface area (Å²) >= 11 is 0. The summed E-state index contributed by atoms with van der Waals surface area (Å²) in [5, 5.41) is 0.623. The van der Waals surface area contributed by atoms with Gasteiger partial charge >= 0.3 is 16.4 Å². The third-order valence-corrected chi connectivity index (χ3v) is 3.32. The van der Waals surface area contributed by atoms with Gasteiger partial charge in [0.25, 0.3) is 0 Å². The molecule has 0 aliphatic carbocycles. The van der Waals surface area contributed by atoms with Gasteiger partial charge < -0.3 is 4.90 Å². The average Bonchev–Trinajstić information content (AvgIpc) is 2.42. The van der Waals surface area contributed by atoms with Gasteiger partial charge in [0.05, 0.1) is 12.1 Å². The summed E-state index contributed by atoms with van der Waals surface area (Å²) in [5.41, 5.74) is 0. The Morgan fingerprint density at radius 3 is 2.65 bits per heavy atom. The Balaban J connectivity index is 2.20. The largest absolute Gasteiger partial charge is 0.418 e. The van der Waals surface area contributed by atoms with Crippen molar-refractivity contribution in [3.63, 3.8) is 0 Å². The summed E-state index contributed by atoms with van der Waals surface area (Å²) in [5.74, 6) is -0.148. The third kappa shape index (κ3) is 2.26. The third-order valence-electron chi connectivity index (χ3n) is 2.97. The van der Waals surface area contributed by atoms with Gasteiger partial charge in [0.15, 0.2) is 5.78 Å². The lowest BCUT2D eigenvalue weighted by Crippen LogP contribution is -2.44. The van der Waals surface area contributed by atoms with E-state index in [9.17, 15) is 18.0 Å². The van der Waals surface area contributed by atoms with Gasteiger partial charge in [-0.15, -0.1) is 4.28 Å². The van der Waals surface area contributed by atoms with E-state index in [0.717, 1.165) is 0 Å². The van der Waals surface area contributed by atoms with Crippen molar-refractivity contribution in [2.75, 3.05) is 6.54 Å². The van der Waals surface area contributed by atoms with Crippen LogP contribution in [-0.4, -0.2) is 53.4 Å². The predicted molar refractivity (Wildman–Crippen MR) is 54.1 cm³/mol. The van der Waals surface area contributed by atoms with E-state index in [2.05, 4.69) is 4.28 Å². The molecule has 0 radical (unpaired) electrons. The van der Waals surface area contributed by atoms with Crippen molar-refractivity contribution in [1.29, 1.82) is 0 Å². The predicted octanol–water partition coefficient (Wildman–Crippen LogP) is -0.422. The molecule has 17 heavy (non-hydrogen) atoms. The first kappa shape index (κ1) is 12.3. The maximum atomic E-state index is 11.8. The van der Waals surface area contributed by atoms with Crippen LogP contribution in [0, 0.1) is 0 Å². The molecule has 2 bridgehead atoms. The molecule has 0 saturated carbocycles. The molecule has 2 aliphatic rings. The number of ketones is 1. The van der Waals surface area contributed by atoms with Gasteiger partial charge in [0, 0.05) is 6.54 Å². The number of urea groups is 1. The zero-order valence-electron chi connectivity index (χ0n) is 9.07. The highest BCUT2D eigenvalue weighted by molar-refractivity contribution is 7.80. The van der Waals surface area contributed by atoms with Crippen LogP contribution in [-0.2, 0) is 19.5 Å². The molecule has 2 amide bonds. The second-order valence-corrected chi connectivity index (χ2v) is 5.13. The second-order valence-electron chi connectivity index (χ2n) is 4.12. The molecule has 2 heterocycles. The van der Waals surface area contributed by atoms with Crippen LogP contribution in [0.1, 0.15) is 19.8 Å². The number of nitrogens with zero attached hydrogens (tertiary/aromatic N) is 2. The van der Waals surface area contributed by atoms with E-state index in [4.69, 9.17) is 4.55 Å². The van der Waals surface area contributed by atoms with E-state index < -0.39 is 28.5 Å². The monoisotopic (exact) mass is 264 g/mol. The van der Waals surface area contributed by atoms with Crippen molar-refractivity contribution >= 4 is 22.2 Å². The molecule has 2 rings (SSSR count). The Kier molecular flexibility index (Phi) is 2.84. The van der Waals surface area contributed by atoms with Crippen LogP contribution in [0.3, 0.4) is 0 Å². The van der Waals surface area contributed by atoms with Crippen LogP contribution < -0.4 is 0 Å². The molecule has 96 valence electrons. The van der Waals surface area contributed by atoms with E-state index >= 15 is 0 Å². The second kappa shape index (κ2) is 3.93. The normalized spacial score (nSPS) is 28.7. The fourth-order valence-electron chi connectivity index (χ4n) is 2.25. The Labute approximate surface area is 98.0 Å². The fourth-order valence-corrected chi connectivity index (χ4v) is 2.64. The summed E-state index contributed by atoms with van der Waals surface area (Å²) in [7, 11) is -4.72. The summed E-state index contributed by atoms with van der Waals surface area (Å²) < 4.78 is 34.0. The molecule has 2 atom stereocenters. The van der Waals surface area contributed by atoms with Crippen molar-refractivity contribution in [2.24, 2.45) is 0 Å². The van der Waals surface area contributed by atoms with Gasteiger partial charge in [-0.1, -0.05) is 0 Å². The summed E-state index contributed by atoms with van der Waals surface area (Å²) in [6.45, 7) is 1.61. The lowest BCUT2D eigenvalue weighted by Gasteiger charge is -2.28. The summed E-state index contributed by atoms with van der Waals surface area (Å²) in [4.78, 5) is 24.3. The smallest absolute Gasteiger partial charge is 0.311 e. The topological polar surface area (TPSA) is 104 Å². The molecule has 2 fully saturated rings. The lowest BCUT2D eigenvalue weighted by molar-refractivity contribution is -0.121. The highest BCUT2D eigenvalue weighted by Gasteiger charge is 2.48. The molecule has 8 nitrogen and oxygen atoms in total. The minimum absolute atomic E-state index is 0.148.